The fraction of sp³-hybridized carbons (Fsp3) is 0.682. The number of benzene rings is 1. The summed E-state index contributed by atoms with van der Waals surface area (Å²) in [4.78, 5) is 15.3. The van der Waals surface area contributed by atoms with Crippen LogP contribution in [0.2, 0.25) is 0 Å². The van der Waals surface area contributed by atoms with Gasteiger partial charge in [0.1, 0.15) is 6.04 Å². The fourth-order valence-corrected chi connectivity index (χ4v) is 5.43. The van der Waals surface area contributed by atoms with Crippen LogP contribution in [0.25, 0.3) is 0 Å². The minimum atomic E-state index is -3.75. The molecule has 1 amide bonds. The van der Waals surface area contributed by atoms with Gasteiger partial charge in [-0.15, -0.1) is 0 Å². The molecule has 0 aromatic heterocycles. The number of hydrogen-bond donors (Lipinski definition) is 0. The molecule has 180 valence electrons. The van der Waals surface area contributed by atoms with E-state index < -0.39 is 16.1 Å². The Bertz CT molecular complexity index is 800. The summed E-state index contributed by atoms with van der Waals surface area (Å²) in [5.41, 5.74) is 0.982. The standard InChI is InChI=1S/C22H34N2O7S/c1-19-4-6-20(7-5-19)32(26,27)24-8-2-3-21(24)22(25)23-9-11-28-13-15-30-17-18-31-16-14-29-12-10-23/h4-7,21H,2-3,8-18H2,1H3/t21-/m0/s1. The van der Waals surface area contributed by atoms with Gasteiger partial charge < -0.3 is 23.8 Å². The predicted molar refractivity (Wildman–Crippen MR) is 118 cm³/mol. The quantitative estimate of drug-likeness (QED) is 0.652. The van der Waals surface area contributed by atoms with Crippen LogP contribution >= 0.6 is 0 Å². The Kier molecular flexibility index (Phi) is 9.89. The summed E-state index contributed by atoms with van der Waals surface area (Å²) < 4.78 is 49.8. The molecule has 1 aromatic carbocycles. The van der Waals surface area contributed by atoms with Gasteiger partial charge in [-0.25, -0.2) is 8.42 Å². The lowest BCUT2D eigenvalue weighted by Crippen LogP contribution is -2.49. The fourth-order valence-electron chi connectivity index (χ4n) is 3.77. The number of nitrogens with zero attached hydrogens (tertiary/aromatic N) is 2. The van der Waals surface area contributed by atoms with Gasteiger partial charge in [0, 0.05) is 19.6 Å². The molecule has 0 saturated carbocycles. The Balaban J connectivity index is 1.67. The van der Waals surface area contributed by atoms with Crippen LogP contribution in [-0.4, -0.2) is 102 Å². The Labute approximate surface area is 190 Å². The molecule has 2 saturated heterocycles. The molecule has 0 aliphatic carbocycles. The van der Waals surface area contributed by atoms with Gasteiger partial charge in [-0.2, -0.15) is 4.31 Å². The Hall–Kier alpha value is -1.56. The third-order valence-corrected chi connectivity index (χ3v) is 7.48. The molecule has 10 heteroatoms. The molecule has 32 heavy (non-hydrogen) atoms. The van der Waals surface area contributed by atoms with Crippen LogP contribution in [-0.2, 0) is 33.8 Å². The van der Waals surface area contributed by atoms with E-state index in [2.05, 4.69) is 0 Å². The number of rotatable bonds is 3. The molecule has 2 heterocycles. The number of sulfonamides is 1. The summed E-state index contributed by atoms with van der Waals surface area (Å²) in [6.07, 6.45) is 1.15. The molecule has 1 atom stereocenters. The van der Waals surface area contributed by atoms with Crippen LogP contribution in [0, 0.1) is 6.92 Å². The van der Waals surface area contributed by atoms with Crippen molar-refractivity contribution in [2.24, 2.45) is 0 Å². The highest BCUT2D eigenvalue weighted by Crippen LogP contribution is 2.27. The maximum atomic E-state index is 13.4. The van der Waals surface area contributed by atoms with Gasteiger partial charge in [0.25, 0.3) is 0 Å². The van der Waals surface area contributed by atoms with Crippen LogP contribution in [0.4, 0.5) is 0 Å². The lowest BCUT2D eigenvalue weighted by molar-refractivity contribution is -0.136. The summed E-state index contributed by atoms with van der Waals surface area (Å²) in [6, 6.07) is 6.02. The largest absolute Gasteiger partial charge is 0.377 e. The van der Waals surface area contributed by atoms with Crippen molar-refractivity contribution < 1.29 is 32.2 Å². The number of amides is 1. The molecule has 0 radical (unpaired) electrons. The van der Waals surface area contributed by atoms with Crippen LogP contribution in [0.5, 0.6) is 0 Å². The van der Waals surface area contributed by atoms with E-state index in [1.54, 1.807) is 29.2 Å². The molecule has 2 aliphatic rings. The molecule has 0 bridgehead atoms. The monoisotopic (exact) mass is 470 g/mol. The average molecular weight is 471 g/mol. The lowest BCUT2D eigenvalue weighted by atomic mass is 10.2. The van der Waals surface area contributed by atoms with Gasteiger partial charge in [0.05, 0.1) is 57.8 Å². The van der Waals surface area contributed by atoms with Crippen molar-refractivity contribution in [3.8, 4) is 0 Å². The minimum Gasteiger partial charge on any atom is -0.377 e. The number of carbonyl (C=O) groups excluding carboxylic acids is 1. The van der Waals surface area contributed by atoms with E-state index in [0.717, 1.165) is 5.56 Å². The van der Waals surface area contributed by atoms with Gasteiger partial charge in [0.2, 0.25) is 15.9 Å². The molecular formula is C22H34N2O7S. The Morgan fingerprint density at radius 3 is 1.84 bits per heavy atom. The van der Waals surface area contributed by atoms with Gasteiger partial charge >= 0.3 is 0 Å². The van der Waals surface area contributed by atoms with E-state index in [4.69, 9.17) is 18.9 Å². The van der Waals surface area contributed by atoms with Gasteiger partial charge in [-0.3, -0.25) is 4.79 Å². The molecule has 9 nitrogen and oxygen atoms in total. The second kappa shape index (κ2) is 12.6. The number of carbonyl (C=O) groups is 1. The zero-order valence-electron chi connectivity index (χ0n) is 18.7. The van der Waals surface area contributed by atoms with E-state index in [9.17, 15) is 13.2 Å². The Morgan fingerprint density at radius 2 is 1.31 bits per heavy atom. The first-order valence-electron chi connectivity index (χ1n) is 11.2. The first kappa shape index (κ1) is 25.1. The SMILES string of the molecule is Cc1ccc(S(=O)(=O)N2CCC[C@H]2C(=O)N2CCOCCOCCOCCOCC2)cc1. The zero-order chi connectivity index (χ0) is 22.8. The summed E-state index contributed by atoms with van der Waals surface area (Å²) in [5.74, 6) is -0.206. The van der Waals surface area contributed by atoms with Crippen LogP contribution < -0.4 is 0 Å². The zero-order valence-corrected chi connectivity index (χ0v) is 19.6. The highest BCUT2D eigenvalue weighted by Gasteiger charge is 2.41. The smallest absolute Gasteiger partial charge is 0.243 e. The normalized spacial score (nSPS) is 23.4. The molecule has 0 spiro atoms. The topological polar surface area (TPSA) is 94.6 Å². The van der Waals surface area contributed by atoms with Crippen molar-refractivity contribution in [2.75, 3.05) is 72.5 Å². The van der Waals surface area contributed by atoms with Crippen molar-refractivity contribution in [2.45, 2.75) is 30.7 Å². The molecule has 3 rings (SSSR count). The minimum absolute atomic E-state index is 0.206. The third kappa shape index (κ3) is 6.97. The first-order chi connectivity index (χ1) is 15.5. The molecule has 0 unspecified atom stereocenters. The number of hydrogen-bond acceptors (Lipinski definition) is 7. The molecular weight excluding hydrogens is 436 g/mol. The molecule has 2 fully saturated rings. The van der Waals surface area contributed by atoms with Gasteiger partial charge in [-0.05, 0) is 31.9 Å². The van der Waals surface area contributed by atoms with Crippen molar-refractivity contribution in [1.29, 1.82) is 0 Å². The van der Waals surface area contributed by atoms with E-state index in [-0.39, 0.29) is 10.8 Å². The van der Waals surface area contributed by atoms with Crippen molar-refractivity contribution >= 4 is 15.9 Å². The lowest BCUT2D eigenvalue weighted by Gasteiger charge is -2.30. The maximum absolute atomic E-state index is 13.4. The van der Waals surface area contributed by atoms with Crippen molar-refractivity contribution in [3.05, 3.63) is 29.8 Å². The van der Waals surface area contributed by atoms with E-state index in [1.807, 2.05) is 6.92 Å². The molecule has 2 aliphatic heterocycles. The van der Waals surface area contributed by atoms with Gasteiger partial charge in [0.15, 0.2) is 0 Å². The number of ether oxygens (including phenoxy) is 4. The Morgan fingerprint density at radius 1 is 0.812 bits per heavy atom. The van der Waals surface area contributed by atoms with E-state index >= 15 is 0 Å². The summed E-state index contributed by atoms with van der Waals surface area (Å²) >= 11 is 0. The molecule has 0 N–H and O–H groups in total. The molecule has 1 aromatic rings. The maximum Gasteiger partial charge on any atom is 0.243 e. The van der Waals surface area contributed by atoms with Crippen LogP contribution in [0.15, 0.2) is 29.2 Å². The van der Waals surface area contributed by atoms with Crippen LogP contribution in [0.1, 0.15) is 18.4 Å². The number of aryl methyl sites for hydroxylation is 1. The summed E-state index contributed by atoms with van der Waals surface area (Å²) in [6.45, 7) is 6.45. The first-order valence-corrected chi connectivity index (χ1v) is 12.6. The highest BCUT2D eigenvalue weighted by atomic mass is 32.2. The van der Waals surface area contributed by atoms with E-state index in [1.165, 1.54) is 4.31 Å². The van der Waals surface area contributed by atoms with Crippen LogP contribution in [0.3, 0.4) is 0 Å². The third-order valence-electron chi connectivity index (χ3n) is 5.56. The predicted octanol–water partition coefficient (Wildman–Crippen LogP) is 1.06. The summed E-state index contributed by atoms with van der Waals surface area (Å²) in [5, 5.41) is 0. The second-order valence-corrected chi connectivity index (χ2v) is 9.75. The second-order valence-electron chi connectivity index (χ2n) is 7.86. The van der Waals surface area contributed by atoms with E-state index in [0.29, 0.717) is 85.3 Å². The average Bonchev–Trinajstić information content (AvgIpc) is 3.27. The summed E-state index contributed by atoms with van der Waals surface area (Å²) in [7, 11) is -3.75. The van der Waals surface area contributed by atoms with Crippen molar-refractivity contribution in [3.63, 3.8) is 0 Å². The van der Waals surface area contributed by atoms with Gasteiger partial charge in [-0.1, -0.05) is 17.7 Å². The highest BCUT2D eigenvalue weighted by molar-refractivity contribution is 7.89. The van der Waals surface area contributed by atoms with Crippen molar-refractivity contribution in [1.82, 2.24) is 9.21 Å².